The van der Waals surface area contributed by atoms with Crippen molar-refractivity contribution in [2.75, 3.05) is 13.8 Å². The summed E-state index contributed by atoms with van der Waals surface area (Å²) >= 11 is 0. The molecule has 190 valence electrons. The quantitative estimate of drug-likeness (QED) is 0.284. The van der Waals surface area contributed by atoms with E-state index in [-0.39, 0.29) is 18.6 Å². The number of hydrogen-bond donors (Lipinski definition) is 2. The van der Waals surface area contributed by atoms with Crippen LogP contribution in [0.3, 0.4) is 0 Å². The molecule has 0 amide bonds. The van der Waals surface area contributed by atoms with Gasteiger partial charge in [-0.3, -0.25) is 0 Å². The Morgan fingerprint density at radius 1 is 0.889 bits per heavy atom. The van der Waals surface area contributed by atoms with Crippen molar-refractivity contribution < 1.29 is 19.3 Å². The zero-order chi connectivity index (χ0) is 25.5. The van der Waals surface area contributed by atoms with E-state index in [1.165, 1.54) is 5.57 Å². The van der Waals surface area contributed by atoms with Crippen LogP contribution in [0.1, 0.15) is 63.1 Å². The zero-order valence-corrected chi connectivity index (χ0v) is 21.7. The number of hydrogen-bond acceptors (Lipinski definition) is 5. The van der Waals surface area contributed by atoms with Crippen molar-refractivity contribution in [1.82, 2.24) is 5.32 Å². The van der Waals surface area contributed by atoms with E-state index in [0.29, 0.717) is 6.04 Å². The number of allylic oxidation sites excluding steroid dienone is 1. The van der Waals surface area contributed by atoms with Crippen molar-refractivity contribution in [1.29, 1.82) is 0 Å². The lowest BCUT2D eigenvalue weighted by Gasteiger charge is -2.27. The minimum atomic E-state index is 0.128. The van der Waals surface area contributed by atoms with Gasteiger partial charge in [-0.2, -0.15) is 0 Å². The molecule has 4 rings (SSSR count). The maximum absolute atomic E-state index is 9.91. The molecule has 2 N–H and O–H groups in total. The van der Waals surface area contributed by atoms with Crippen LogP contribution in [0.15, 0.2) is 66.7 Å². The second-order valence-electron chi connectivity index (χ2n) is 9.09. The highest BCUT2D eigenvalue weighted by atomic mass is 16.7. The molecule has 0 radical (unpaired) electrons. The molecule has 3 aromatic carbocycles. The van der Waals surface area contributed by atoms with Crippen molar-refractivity contribution >= 4 is 11.1 Å². The topological polar surface area (TPSA) is 60.0 Å². The molecular weight excluding hydrogens is 450 g/mol. The predicted molar refractivity (Wildman–Crippen MR) is 146 cm³/mol. The molecule has 0 bridgehead atoms. The summed E-state index contributed by atoms with van der Waals surface area (Å²) < 4.78 is 17.6. The molecule has 1 heterocycles. The highest BCUT2D eigenvalue weighted by molar-refractivity contribution is 5.99. The number of fused-ring (bicyclic) bond motifs is 1. The van der Waals surface area contributed by atoms with Crippen molar-refractivity contribution in [3.8, 4) is 23.0 Å². The molecule has 5 heteroatoms. The van der Waals surface area contributed by atoms with Gasteiger partial charge in [-0.25, -0.2) is 0 Å². The van der Waals surface area contributed by atoms with Gasteiger partial charge in [0.2, 0.25) is 6.79 Å². The van der Waals surface area contributed by atoms with Gasteiger partial charge in [0.25, 0.3) is 0 Å². The number of aromatic hydroxyl groups is 1. The Hall–Kier alpha value is -3.44. The first-order valence-corrected chi connectivity index (χ1v) is 12.9. The summed E-state index contributed by atoms with van der Waals surface area (Å²) in [4.78, 5) is 0. The Kier molecular flexibility index (Phi) is 8.55. The molecule has 0 spiro atoms. The van der Waals surface area contributed by atoms with Crippen LogP contribution in [0.4, 0.5) is 0 Å². The van der Waals surface area contributed by atoms with Gasteiger partial charge < -0.3 is 24.6 Å². The van der Waals surface area contributed by atoms with Crippen LogP contribution >= 0.6 is 0 Å². The van der Waals surface area contributed by atoms with Crippen LogP contribution in [0.5, 0.6) is 23.0 Å². The Labute approximate surface area is 214 Å². The van der Waals surface area contributed by atoms with Gasteiger partial charge in [-0.05, 0) is 90.5 Å². The van der Waals surface area contributed by atoms with E-state index in [1.54, 1.807) is 12.1 Å². The molecule has 1 aliphatic rings. The highest BCUT2D eigenvalue weighted by Crippen LogP contribution is 2.40. The lowest BCUT2D eigenvalue weighted by atomic mass is 9.88. The van der Waals surface area contributed by atoms with Crippen LogP contribution in [-0.4, -0.2) is 31.1 Å². The first-order chi connectivity index (χ1) is 17.6. The van der Waals surface area contributed by atoms with E-state index in [0.717, 1.165) is 65.2 Å². The zero-order valence-electron chi connectivity index (χ0n) is 21.7. The van der Waals surface area contributed by atoms with Crippen LogP contribution in [0.2, 0.25) is 0 Å². The molecule has 36 heavy (non-hydrogen) atoms. The van der Waals surface area contributed by atoms with E-state index in [4.69, 9.17) is 14.2 Å². The van der Waals surface area contributed by atoms with Crippen LogP contribution in [0.25, 0.3) is 11.1 Å². The monoisotopic (exact) mass is 487 g/mol. The minimum absolute atomic E-state index is 0.128. The molecule has 2 atom stereocenters. The largest absolute Gasteiger partial charge is 0.508 e. The molecule has 1 aliphatic heterocycles. The average Bonchev–Trinajstić information content (AvgIpc) is 3.37. The van der Waals surface area contributed by atoms with Gasteiger partial charge in [0.15, 0.2) is 11.5 Å². The van der Waals surface area contributed by atoms with Gasteiger partial charge >= 0.3 is 0 Å². The number of rotatable bonds is 11. The van der Waals surface area contributed by atoms with E-state index in [9.17, 15) is 5.11 Å². The SMILES string of the molecule is CCCC(Oc1ccc(C(=C(CC)c2ccc3c(c2)OCO3)c2ccc(O)cc2)cc1)C(CC)NC. The van der Waals surface area contributed by atoms with E-state index >= 15 is 0 Å². The smallest absolute Gasteiger partial charge is 0.231 e. The Morgan fingerprint density at radius 3 is 2.14 bits per heavy atom. The van der Waals surface area contributed by atoms with E-state index in [1.807, 2.05) is 25.2 Å². The second-order valence-corrected chi connectivity index (χ2v) is 9.09. The minimum Gasteiger partial charge on any atom is -0.508 e. The predicted octanol–water partition coefficient (Wildman–Crippen LogP) is 7.04. The maximum Gasteiger partial charge on any atom is 0.231 e. The van der Waals surface area contributed by atoms with Crippen LogP contribution in [0, 0.1) is 0 Å². The highest BCUT2D eigenvalue weighted by Gasteiger charge is 2.21. The van der Waals surface area contributed by atoms with Gasteiger partial charge in [0.1, 0.15) is 17.6 Å². The number of likely N-dealkylation sites (N-methyl/N-ethyl adjacent to an activating group) is 1. The fourth-order valence-electron chi connectivity index (χ4n) is 4.91. The number of phenolic OH excluding ortho intramolecular Hbond substituents is 1. The van der Waals surface area contributed by atoms with Crippen LogP contribution in [-0.2, 0) is 0 Å². The number of phenols is 1. The number of ether oxygens (including phenoxy) is 3. The Bertz CT molecular complexity index is 1160. The molecule has 0 saturated heterocycles. The lowest BCUT2D eigenvalue weighted by Crippen LogP contribution is -2.40. The molecule has 0 aromatic heterocycles. The van der Waals surface area contributed by atoms with Gasteiger partial charge in [0.05, 0.1) is 0 Å². The molecule has 0 fully saturated rings. The number of nitrogens with one attached hydrogen (secondary N) is 1. The number of benzene rings is 3. The summed E-state index contributed by atoms with van der Waals surface area (Å²) in [5.74, 6) is 2.66. The van der Waals surface area contributed by atoms with Gasteiger partial charge in [-0.1, -0.05) is 57.5 Å². The first kappa shape index (κ1) is 25.6. The summed E-state index contributed by atoms with van der Waals surface area (Å²) in [6.07, 6.45) is 4.05. The fourth-order valence-corrected chi connectivity index (χ4v) is 4.91. The lowest BCUT2D eigenvalue weighted by molar-refractivity contribution is 0.143. The second kappa shape index (κ2) is 12.0. The summed E-state index contributed by atoms with van der Waals surface area (Å²) in [5.41, 5.74) is 5.54. The standard InChI is InChI=1S/C31H37NO4/c1-5-8-28(27(7-3)32-4)36-25-16-11-22(12-17-25)31(21-9-14-24(33)15-10-21)26(6-2)23-13-18-29-30(19-23)35-20-34-29/h9-19,27-28,32-33H,5-8,20H2,1-4H3. The summed E-state index contributed by atoms with van der Waals surface area (Å²) in [6, 6.07) is 22.2. The Morgan fingerprint density at radius 2 is 1.53 bits per heavy atom. The Balaban J connectivity index is 1.74. The fraction of sp³-hybridized carbons (Fsp3) is 0.355. The molecule has 0 aliphatic carbocycles. The van der Waals surface area contributed by atoms with E-state index < -0.39 is 0 Å². The third kappa shape index (κ3) is 5.68. The van der Waals surface area contributed by atoms with Crippen LogP contribution < -0.4 is 19.5 Å². The summed E-state index contributed by atoms with van der Waals surface area (Å²) in [6.45, 7) is 6.80. The molecule has 5 nitrogen and oxygen atoms in total. The summed E-state index contributed by atoms with van der Waals surface area (Å²) in [5, 5.41) is 13.3. The maximum atomic E-state index is 9.91. The van der Waals surface area contributed by atoms with Crippen molar-refractivity contribution in [2.45, 2.75) is 58.6 Å². The molecule has 3 aromatic rings. The van der Waals surface area contributed by atoms with E-state index in [2.05, 4.69) is 62.5 Å². The molecule has 2 unspecified atom stereocenters. The third-order valence-corrected chi connectivity index (χ3v) is 6.80. The summed E-state index contributed by atoms with van der Waals surface area (Å²) in [7, 11) is 2.00. The third-order valence-electron chi connectivity index (χ3n) is 6.80. The first-order valence-electron chi connectivity index (χ1n) is 12.9. The normalized spacial score (nSPS) is 14.8. The molecular formula is C31H37NO4. The van der Waals surface area contributed by atoms with Crippen molar-refractivity contribution in [3.05, 3.63) is 83.4 Å². The van der Waals surface area contributed by atoms with Crippen molar-refractivity contribution in [3.63, 3.8) is 0 Å². The van der Waals surface area contributed by atoms with Gasteiger partial charge in [0, 0.05) is 6.04 Å². The van der Waals surface area contributed by atoms with Gasteiger partial charge in [-0.15, -0.1) is 0 Å². The average molecular weight is 488 g/mol. The van der Waals surface area contributed by atoms with Crippen molar-refractivity contribution in [2.24, 2.45) is 0 Å². The molecule has 0 saturated carbocycles.